The highest BCUT2D eigenvalue weighted by atomic mass is 16.5. The number of carbonyl (C=O) groups excluding carboxylic acids is 2. The van der Waals surface area contributed by atoms with E-state index < -0.39 is 5.97 Å². The minimum absolute atomic E-state index is 0.00417. The molecule has 192 valence electrons. The van der Waals surface area contributed by atoms with E-state index in [-0.39, 0.29) is 30.2 Å². The van der Waals surface area contributed by atoms with Gasteiger partial charge in [0.1, 0.15) is 12.3 Å². The van der Waals surface area contributed by atoms with Crippen LogP contribution < -0.4 is 5.56 Å². The van der Waals surface area contributed by atoms with Crippen molar-refractivity contribution in [2.45, 2.75) is 13.3 Å². The number of fused-ring (bicyclic) bond motifs is 4. The van der Waals surface area contributed by atoms with Crippen molar-refractivity contribution in [3.63, 3.8) is 0 Å². The van der Waals surface area contributed by atoms with Gasteiger partial charge in [0.2, 0.25) is 5.91 Å². The van der Waals surface area contributed by atoms with Gasteiger partial charge in [0.15, 0.2) is 0 Å². The van der Waals surface area contributed by atoms with Crippen LogP contribution in [-0.2, 0) is 11.8 Å². The second-order valence-electron chi connectivity index (χ2n) is 9.65. The Morgan fingerprint density at radius 3 is 1.87 bits per heavy atom. The van der Waals surface area contributed by atoms with Gasteiger partial charge in [-0.1, -0.05) is 84.4 Å². The molecule has 0 spiro atoms. The van der Waals surface area contributed by atoms with Gasteiger partial charge in [0.25, 0.3) is 5.56 Å². The number of hydrogen-bond donors (Lipinski definition) is 0. The van der Waals surface area contributed by atoms with Crippen molar-refractivity contribution >= 4 is 44.5 Å². The minimum atomic E-state index is -0.647. The molecule has 6 heteroatoms. The summed E-state index contributed by atoms with van der Waals surface area (Å²) in [4.78, 5) is 40.1. The molecule has 6 nitrogen and oxygen atoms in total. The summed E-state index contributed by atoms with van der Waals surface area (Å²) in [6.45, 7) is 1.87. The lowest BCUT2D eigenvalue weighted by atomic mass is 9.96. The smallest absolute Gasteiger partial charge is 0.355 e. The van der Waals surface area contributed by atoms with Gasteiger partial charge in [-0.25, -0.2) is 4.79 Å². The van der Waals surface area contributed by atoms with Gasteiger partial charge in [0.05, 0.1) is 17.5 Å². The Morgan fingerprint density at radius 1 is 0.718 bits per heavy atom. The predicted molar refractivity (Wildman–Crippen MR) is 154 cm³/mol. The molecule has 6 rings (SSSR count). The molecule has 0 aliphatic rings. The first-order chi connectivity index (χ1) is 19.0. The third-order valence-corrected chi connectivity index (χ3v) is 7.22. The van der Waals surface area contributed by atoms with E-state index in [4.69, 9.17) is 4.74 Å². The molecule has 0 N–H and O–H groups in total. The largest absolute Gasteiger partial charge is 0.460 e. The van der Waals surface area contributed by atoms with Crippen molar-refractivity contribution < 1.29 is 14.3 Å². The van der Waals surface area contributed by atoms with Gasteiger partial charge >= 0.3 is 5.97 Å². The molecule has 0 atom stereocenters. The Labute approximate surface area is 224 Å². The molecule has 0 saturated carbocycles. The number of pyridine rings is 1. The molecule has 4 aromatic carbocycles. The maximum atomic E-state index is 13.5. The number of para-hydroxylation sites is 2. The molecule has 2 aromatic heterocycles. The second-order valence-corrected chi connectivity index (χ2v) is 9.65. The van der Waals surface area contributed by atoms with Gasteiger partial charge in [0, 0.05) is 28.8 Å². The minimum Gasteiger partial charge on any atom is -0.460 e. The monoisotopic (exact) mass is 514 g/mol. The molecule has 6 aromatic rings. The summed E-state index contributed by atoms with van der Waals surface area (Å²) in [6.07, 6.45) is -0.00417. The van der Waals surface area contributed by atoms with Crippen LogP contribution in [0.4, 0.5) is 0 Å². The molecule has 0 aliphatic heterocycles. The lowest BCUT2D eigenvalue weighted by Gasteiger charge is -2.17. The van der Waals surface area contributed by atoms with Crippen molar-refractivity contribution in [1.82, 2.24) is 9.13 Å². The summed E-state index contributed by atoms with van der Waals surface area (Å²) in [5.74, 6) is -0.822. The van der Waals surface area contributed by atoms with Gasteiger partial charge < -0.3 is 9.30 Å². The third-order valence-electron chi connectivity index (χ3n) is 7.22. The topological polar surface area (TPSA) is 70.3 Å². The predicted octanol–water partition coefficient (Wildman–Crippen LogP) is 6.51. The van der Waals surface area contributed by atoms with Crippen LogP contribution >= 0.6 is 0 Å². The van der Waals surface area contributed by atoms with Crippen molar-refractivity contribution in [1.29, 1.82) is 0 Å². The number of aromatic nitrogens is 2. The Balaban J connectivity index is 1.34. The average Bonchev–Trinajstić information content (AvgIpc) is 3.30. The zero-order chi connectivity index (χ0) is 27.1. The van der Waals surface area contributed by atoms with Crippen LogP contribution in [0.3, 0.4) is 0 Å². The van der Waals surface area contributed by atoms with Crippen molar-refractivity contribution in [3.8, 4) is 11.1 Å². The molecule has 0 unspecified atom stereocenters. The first kappa shape index (κ1) is 24.4. The summed E-state index contributed by atoms with van der Waals surface area (Å²) in [6, 6.07) is 30.6. The fourth-order valence-corrected chi connectivity index (χ4v) is 5.32. The van der Waals surface area contributed by atoms with Crippen LogP contribution in [-0.4, -0.2) is 27.6 Å². The fraction of sp³-hybridized carbons (Fsp3) is 0.121. The molecular formula is C33H26N2O4. The first-order valence-electron chi connectivity index (χ1n) is 12.8. The van der Waals surface area contributed by atoms with Gasteiger partial charge in [-0.15, -0.1) is 0 Å². The summed E-state index contributed by atoms with van der Waals surface area (Å²) in [5.41, 5.74) is 4.02. The number of carbonyl (C=O) groups is 2. The number of esters is 1. The van der Waals surface area contributed by atoms with Crippen LogP contribution in [0.1, 0.15) is 27.3 Å². The maximum Gasteiger partial charge on any atom is 0.355 e. The lowest BCUT2D eigenvalue weighted by molar-refractivity contribution is 0.0479. The summed E-state index contributed by atoms with van der Waals surface area (Å²) in [5, 5.41) is 3.19. The number of aryl methyl sites for hydroxylation is 1. The molecule has 0 amide bonds. The van der Waals surface area contributed by atoms with E-state index in [2.05, 4.69) is 0 Å². The van der Waals surface area contributed by atoms with Gasteiger partial charge in [-0.3, -0.25) is 14.2 Å². The Morgan fingerprint density at radius 2 is 1.26 bits per heavy atom. The van der Waals surface area contributed by atoms with Crippen molar-refractivity contribution in [2.75, 3.05) is 6.61 Å². The van der Waals surface area contributed by atoms with Crippen LogP contribution in [0, 0.1) is 6.92 Å². The van der Waals surface area contributed by atoms with Crippen LogP contribution in [0.25, 0.3) is 43.7 Å². The molecule has 0 bridgehead atoms. The van der Waals surface area contributed by atoms with E-state index in [0.717, 1.165) is 32.9 Å². The normalized spacial score (nSPS) is 11.3. The summed E-state index contributed by atoms with van der Waals surface area (Å²) < 4.78 is 8.68. The Bertz CT molecular complexity index is 1910. The number of hydrogen-bond acceptors (Lipinski definition) is 4. The highest BCUT2D eigenvalue weighted by Crippen LogP contribution is 2.32. The van der Waals surface area contributed by atoms with Crippen molar-refractivity contribution in [2.24, 2.45) is 7.05 Å². The lowest BCUT2D eigenvalue weighted by Crippen LogP contribution is -2.26. The molecule has 0 fully saturated rings. The average molecular weight is 515 g/mol. The second kappa shape index (κ2) is 9.72. The standard InChI is InChI=1S/C33H26N2O4/c1-21-15-17-22(18-16-21)30-25-11-3-4-12-26(25)32(37)34(2)31(30)33(38)39-20-19-29(36)35-27-13-7-5-9-23(27)24-10-6-8-14-28(24)35/h3-18H,19-20H2,1-2H3. The van der Waals surface area contributed by atoms with E-state index in [1.807, 2.05) is 91.9 Å². The van der Waals surface area contributed by atoms with Gasteiger partial charge in [-0.2, -0.15) is 0 Å². The van der Waals surface area contributed by atoms with Crippen LogP contribution in [0.2, 0.25) is 0 Å². The van der Waals surface area contributed by atoms with E-state index in [1.54, 1.807) is 23.7 Å². The van der Waals surface area contributed by atoms with E-state index in [9.17, 15) is 14.4 Å². The molecule has 2 heterocycles. The maximum absolute atomic E-state index is 13.5. The van der Waals surface area contributed by atoms with Crippen LogP contribution in [0.5, 0.6) is 0 Å². The third kappa shape index (κ3) is 4.10. The molecular weight excluding hydrogens is 488 g/mol. The quantitative estimate of drug-likeness (QED) is 0.246. The summed E-state index contributed by atoms with van der Waals surface area (Å²) >= 11 is 0. The Hall–Kier alpha value is -4.97. The van der Waals surface area contributed by atoms with Gasteiger partial charge in [-0.05, 0) is 36.1 Å². The zero-order valence-electron chi connectivity index (χ0n) is 21.7. The fourth-order valence-electron chi connectivity index (χ4n) is 5.32. The van der Waals surface area contributed by atoms with Crippen molar-refractivity contribution in [3.05, 3.63) is 119 Å². The molecule has 39 heavy (non-hydrogen) atoms. The molecule has 0 radical (unpaired) electrons. The van der Waals surface area contributed by atoms with E-state index in [1.165, 1.54) is 4.57 Å². The molecule has 0 saturated heterocycles. The highest BCUT2D eigenvalue weighted by molar-refractivity contribution is 6.13. The van der Waals surface area contributed by atoms with E-state index in [0.29, 0.717) is 16.3 Å². The van der Waals surface area contributed by atoms with Crippen LogP contribution in [0.15, 0.2) is 102 Å². The Kier molecular flexibility index (Phi) is 6.08. The number of benzene rings is 4. The number of nitrogens with zero attached hydrogens (tertiary/aromatic N) is 2. The number of rotatable bonds is 5. The number of ether oxygens (including phenoxy) is 1. The first-order valence-corrected chi connectivity index (χ1v) is 12.8. The summed E-state index contributed by atoms with van der Waals surface area (Å²) in [7, 11) is 1.58. The highest BCUT2D eigenvalue weighted by Gasteiger charge is 2.23. The molecule has 0 aliphatic carbocycles. The zero-order valence-corrected chi connectivity index (χ0v) is 21.7. The van der Waals surface area contributed by atoms with E-state index >= 15 is 0 Å². The SMILES string of the molecule is Cc1ccc(-c2c(C(=O)OCCC(=O)n3c4ccccc4c4ccccc43)n(C)c(=O)c3ccccc23)cc1.